The molecule has 0 radical (unpaired) electrons. The summed E-state index contributed by atoms with van der Waals surface area (Å²) < 4.78 is 0. The number of nitrogens with one attached hydrogen (secondary N) is 1. The number of likely N-dealkylation sites (tertiary alicyclic amines) is 1. The zero-order chi connectivity index (χ0) is 15.9. The Hall–Kier alpha value is -0.120. The maximum absolute atomic E-state index is 3.92. The molecule has 3 rings (SSSR count). The molecule has 0 atom stereocenters. The predicted octanol–water partition coefficient (Wildman–Crippen LogP) is 4.19. The van der Waals surface area contributed by atoms with E-state index in [9.17, 15) is 0 Å². The topological polar surface area (TPSA) is 18.5 Å². The van der Waals surface area contributed by atoms with E-state index in [1.807, 2.05) is 0 Å². The Morgan fingerprint density at radius 3 is 2.09 bits per heavy atom. The summed E-state index contributed by atoms with van der Waals surface area (Å²) >= 11 is 0. The van der Waals surface area contributed by atoms with E-state index in [0.717, 1.165) is 24.7 Å². The lowest BCUT2D eigenvalue weighted by Gasteiger charge is -2.41. The van der Waals surface area contributed by atoms with Gasteiger partial charge in [-0.3, -0.25) is 9.80 Å². The van der Waals surface area contributed by atoms with Crippen LogP contribution >= 0.6 is 0 Å². The molecule has 2 saturated carbocycles. The quantitative estimate of drug-likeness (QED) is 0.740. The van der Waals surface area contributed by atoms with Gasteiger partial charge in [0.2, 0.25) is 0 Å². The SMILES string of the molecule is CC1CCN(CN(CNC2CCCCC2)C2CCCCC2)CC1. The molecule has 0 unspecified atom stereocenters. The van der Waals surface area contributed by atoms with Gasteiger partial charge in [0.15, 0.2) is 0 Å². The maximum atomic E-state index is 3.92. The molecule has 0 amide bonds. The van der Waals surface area contributed by atoms with Gasteiger partial charge in [0, 0.05) is 18.8 Å². The van der Waals surface area contributed by atoms with Gasteiger partial charge in [-0.2, -0.15) is 0 Å². The fourth-order valence-corrected chi connectivity index (χ4v) is 4.75. The second kappa shape index (κ2) is 9.39. The summed E-state index contributed by atoms with van der Waals surface area (Å²) in [5, 5.41) is 3.92. The van der Waals surface area contributed by atoms with Crippen molar-refractivity contribution in [3.8, 4) is 0 Å². The summed E-state index contributed by atoms with van der Waals surface area (Å²) in [4.78, 5) is 5.51. The molecule has 3 aliphatic rings. The number of hydrogen-bond acceptors (Lipinski definition) is 3. The van der Waals surface area contributed by atoms with Crippen LogP contribution in [0.1, 0.15) is 84.0 Å². The van der Waals surface area contributed by atoms with E-state index in [4.69, 9.17) is 0 Å². The molecule has 0 aromatic carbocycles. The summed E-state index contributed by atoms with van der Waals surface area (Å²) in [6.45, 7) is 7.38. The van der Waals surface area contributed by atoms with Gasteiger partial charge in [-0.05, 0) is 57.5 Å². The number of hydrogen-bond donors (Lipinski definition) is 1. The monoisotopic (exact) mass is 321 g/mol. The van der Waals surface area contributed by atoms with Crippen LogP contribution in [-0.2, 0) is 0 Å². The van der Waals surface area contributed by atoms with Crippen LogP contribution in [0.5, 0.6) is 0 Å². The van der Waals surface area contributed by atoms with Crippen LogP contribution in [0.2, 0.25) is 0 Å². The molecule has 3 nitrogen and oxygen atoms in total. The van der Waals surface area contributed by atoms with E-state index < -0.39 is 0 Å². The lowest BCUT2D eigenvalue weighted by Crippen LogP contribution is -2.51. The highest BCUT2D eigenvalue weighted by molar-refractivity contribution is 4.79. The van der Waals surface area contributed by atoms with Crippen LogP contribution in [0.3, 0.4) is 0 Å². The smallest absolute Gasteiger partial charge is 0.0520 e. The molecule has 1 aliphatic heterocycles. The Morgan fingerprint density at radius 2 is 1.43 bits per heavy atom. The fraction of sp³-hybridized carbons (Fsp3) is 1.00. The Kier molecular flexibility index (Phi) is 7.22. The van der Waals surface area contributed by atoms with Gasteiger partial charge in [-0.25, -0.2) is 0 Å². The van der Waals surface area contributed by atoms with Gasteiger partial charge in [0.25, 0.3) is 0 Å². The van der Waals surface area contributed by atoms with Crippen LogP contribution in [0, 0.1) is 5.92 Å². The average Bonchev–Trinajstić information content (AvgIpc) is 2.62. The van der Waals surface area contributed by atoms with Crippen molar-refractivity contribution in [1.82, 2.24) is 15.1 Å². The molecule has 1 N–H and O–H groups in total. The first-order valence-corrected chi connectivity index (χ1v) is 10.5. The van der Waals surface area contributed by atoms with Crippen molar-refractivity contribution in [3.05, 3.63) is 0 Å². The zero-order valence-corrected chi connectivity index (χ0v) is 15.4. The first-order valence-electron chi connectivity index (χ1n) is 10.5. The highest BCUT2D eigenvalue weighted by Gasteiger charge is 2.25. The van der Waals surface area contributed by atoms with Crippen molar-refractivity contribution in [3.63, 3.8) is 0 Å². The van der Waals surface area contributed by atoms with Gasteiger partial charge >= 0.3 is 0 Å². The van der Waals surface area contributed by atoms with Crippen molar-refractivity contribution in [1.29, 1.82) is 0 Å². The highest BCUT2D eigenvalue weighted by atomic mass is 15.4. The van der Waals surface area contributed by atoms with Crippen molar-refractivity contribution in [2.24, 2.45) is 5.92 Å². The van der Waals surface area contributed by atoms with E-state index in [1.54, 1.807) is 0 Å². The minimum Gasteiger partial charge on any atom is -0.301 e. The van der Waals surface area contributed by atoms with Gasteiger partial charge in [0.05, 0.1) is 6.67 Å². The Bertz CT molecular complexity index is 313. The normalized spacial score (nSPS) is 26.9. The van der Waals surface area contributed by atoms with E-state index in [-0.39, 0.29) is 0 Å². The summed E-state index contributed by atoms with van der Waals surface area (Å²) in [5.74, 6) is 0.940. The lowest BCUT2D eigenvalue weighted by molar-refractivity contribution is 0.0457. The fourth-order valence-electron chi connectivity index (χ4n) is 4.75. The molecule has 0 aromatic heterocycles. The van der Waals surface area contributed by atoms with Gasteiger partial charge in [-0.1, -0.05) is 45.4 Å². The van der Waals surface area contributed by atoms with Crippen LogP contribution in [0.15, 0.2) is 0 Å². The van der Waals surface area contributed by atoms with Gasteiger partial charge in [-0.15, -0.1) is 0 Å². The molecule has 0 spiro atoms. The summed E-state index contributed by atoms with van der Waals surface area (Å²) in [6, 6.07) is 1.62. The molecule has 1 saturated heterocycles. The molecule has 1 heterocycles. The standard InChI is InChI=1S/C20H39N3/c1-18-12-14-22(15-13-18)17-23(20-10-6-3-7-11-20)16-21-19-8-4-2-5-9-19/h18-21H,2-17H2,1H3. The molecule has 0 bridgehead atoms. The minimum absolute atomic E-state index is 0.788. The lowest BCUT2D eigenvalue weighted by atomic mass is 9.94. The summed E-state index contributed by atoms with van der Waals surface area (Å²) in [6.07, 6.45) is 17.1. The second-order valence-electron chi connectivity index (χ2n) is 8.52. The third-order valence-electron chi connectivity index (χ3n) is 6.54. The Morgan fingerprint density at radius 1 is 0.826 bits per heavy atom. The third-order valence-corrected chi connectivity index (χ3v) is 6.54. The van der Waals surface area contributed by atoms with Crippen molar-refractivity contribution in [2.75, 3.05) is 26.4 Å². The molecular formula is C20H39N3. The van der Waals surface area contributed by atoms with Crippen LogP contribution < -0.4 is 5.32 Å². The second-order valence-corrected chi connectivity index (χ2v) is 8.52. The summed E-state index contributed by atoms with van der Waals surface area (Å²) in [7, 11) is 0. The molecular weight excluding hydrogens is 282 g/mol. The average molecular weight is 322 g/mol. The maximum Gasteiger partial charge on any atom is 0.0520 e. The molecule has 3 heteroatoms. The van der Waals surface area contributed by atoms with Crippen molar-refractivity contribution >= 4 is 0 Å². The van der Waals surface area contributed by atoms with Crippen molar-refractivity contribution in [2.45, 2.75) is 96.1 Å². The number of rotatable bonds is 6. The molecule has 3 fully saturated rings. The Labute approximate surface area is 144 Å². The number of nitrogens with zero attached hydrogens (tertiary/aromatic N) is 2. The van der Waals surface area contributed by atoms with Gasteiger partial charge in [0.1, 0.15) is 0 Å². The third kappa shape index (κ3) is 5.72. The van der Waals surface area contributed by atoms with E-state index in [1.165, 1.54) is 96.8 Å². The zero-order valence-electron chi connectivity index (χ0n) is 15.4. The van der Waals surface area contributed by atoms with Crippen LogP contribution in [0.4, 0.5) is 0 Å². The first kappa shape index (κ1) is 17.7. The van der Waals surface area contributed by atoms with Gasteiger partial charge < -0.3 is 5.32 Å². The highest BCUT2D eigenvalue weighted by Crippen LogP contribution is 2.24. The Balaban J connectivity index is 1.49. The van der Waals surface area contributed by atoms with E-state index in [2.05, 4.69) is 22.0 Å². The predicted molar refractivity (Wildman–Crippen MR) is 98.4 cm³/mol. The molecule has 134 valence electrons. The summed E-state index contributed by atoms with van der Waals surface area (Å²) in [5.41, 5.74) is 0. The first-order chi connectivity index (χ1) is 11.3. The van der Waals surface area contributed by atoms with E-state index in [0.29, 0.717) is 0 Å². The molecule has 23 heavy (non-hydrogen) atoms. The van der Waals surface area contributed by atoms with Crippen LogP contribution in [0.25, 0.3) is 0 Å². The molecule has 2 aliphatic carbocycles. The van der Waals surface area contributed by atoms with E-state index >= 15 is 0 Å². The number of piperidine rings is 1. The largest absolute Gasteiger partial charge is 0.301 e. The minimum atomic E-state index is 0.788. The van der Waals surface area contributed by atoms with Crippen LogP contribution in [-0.4, -0.2) is 48.3 Å². The molecule has 0 aromatic rings. The van der Waals surface area contributed by atoms with Crippen molar-refractivity contribution < 1.29 is 0 Å².